The van der Waals surface area contributed by atoms with Crippen molar-refractivity contribution < 1.29 is 27.9 Å². The molecule has 7 heteroatoms. The summed E-state index contributed by atoms with van der Waals surface area (Å²) in [7, 11) is -2.20. The highest BCUT2D eigenvalue weighted by Crippen LogP contribution is 2.19. The highest BCUT2D eigenvalue weighted by Gasteiger charge is 2.16. The first-order chi connectivity index (χ1) is 9.00. The first-order valence-electron chi connectivity index (χ1n) is 5.18. The average molecular weight is 270 g/mol. The molecule has 0 saturated heterocycles. The molecule has 0 amide bonds. The van der Waals surface area contributed by atoms with Crippen LogP contribution in [-0.2, 0) is 0 Å². The van der Waals surface area contributed by atoms with Crippen LogP contribution in [-0.4, -0.2) is 17.4 Å². The van der Waals surface area contributed by atoms with Crippen molar-refractivity contribution in [1.82, 2.24) is 0 Å². The van der Waals surface area contributed by atoms with E-state index in [1.807, 2.05) is 36.4 Å². The number of hydrogen-bond donors (Lipinski definition) is 2. The number of hydrogen-bond acceptors (Lipinski definition) is 3. The highest BCUT2D eigenvalue weighted by atomic mass is 19.2. The molecule has 0 bridgehead atoms. The molecule has 19 heavy (non-hydrogen) atoms. The van der Waals surface area contributed by atoms with E-state index in [1.54, 1.807) is 0 Å². The third kappa shape index (κ3) is 5.45. The Labute approximate surface area is 108 Å². The van der Waals surface area contributed by atoms with Gasteiger partial charge in [-0.25, -0.2) is 13.2 Å². The summed E-state index contributed by atoms with van der Waals surface area (Å²) in [6, 6.07) is 13.0. The first-order valence-corrected chi connectivity index (χ1v) is 5.18. The molecule has 0 saturated carbocycles. The number of halogens is 3. The number of rotatable bonds is 2. The maximum atomic E-state index is 12.4. The lowest BCUT2D eigenvalue weighted by Gasteiger charge is -2.04. The van der Waals surface area contributed by atoms with Gasteiger partial charge in [-0.15, -0.1) is 0 Å². The summed E-state index contributed by atoms with van der Waals surface area (Å²) >= 11 is 0. The highest BCUT2D eigenvalue weighted by molar-refractivity contribution is 6.33. The van der Waals surface area contributed by atoms with Gasteiger partial charge in [0, 0.05) is 12.1 Å². The van der Waals surface area contributed by atoms with Gasteiger partial charge in [-0.1, -0.05) is 36.4 Å². The molecule has 0 aliphatic rings. The van der Waals surface area contributed by atoms with Crippen molar-refractivity contribution in [1.29, 1.82) is 0 Å². The van der Waals surface area contributed by atoms with Crippen LogP contribution in [0.1, 0.15) is 0 Å². The molecule has 0 aliphatic heterocycles. The predicted octanol–water partition coefficient (Wildman–Crippen LogP) is 2.14. The van der Waals surface area contributed by atoms with Crippen molar-refractivity contribution in [2.75, 3.05) is 0 Å². The summed E-state index contributed by atoms with van der Waals surface area (Å²) in [4.78, 5) is 0. The monoisotopic (exact) mass is 270 g/mol. The van der Waals surface area contributed by atoms with Crippen molar-refractivity contribution in [3.8, 4) is 5.75 Å². The molecular formula is C12H10BF3O3. The van der Waals surface area contributed by atoms with E-state index in [1.165, 1.54) is 0 Å². The fraction of sp³-hybridized carbons (Fsp3) is 0. The predicted molar refractivity (Wildman–Crippen MR) is 63.6 cm³/mol. The van der Waals surface area contributed by atoms with Gasteiger partial charge in [-0.2, -0.15) is 0 Å². The van der Waals surface area contributed by atoms with Gasteiger partial charge in [0.05, 0.1) is 0 Å². The van der Waals surface area contributed by atoms with Crippen LogP contribution >= 0.6 is 0 Å². The molecule has 0 atom stereocenters. The Bertz CT molecular complexity index is 459. The molecule has 0 heterocycles. The van der Waals surface area contributed by atoms with E-state index in [2.05, 4.69) is 4.65 Å². The molecule has 2 aromatic rings. The normalized spacial score (nSPS) is 9.32. The van der Waals surface area contributed by atoms with Gasteiger partial charge in [0.1, 0.15) is 5.75 Å². The van der Waals surface area contributed by atoms with E-state index in [4.69, 9.17) is 10.0 Å². The summed E-state index contributed by atoms with van der Waals surface area (Å²) < 4.78 is 41.3. The third-order valence-electron chi connectivity index (χ3n) is 1.87. The van der Waals surface area contributed by atoms with Crippen LogP contribution in [0.4, 0.5) is 13.2 Å². The Balaban J connectivity index is 0.000000250. The van der Waals surface area contributed by atoms with Gasteiger partial charge in [0.2, 0.25) is 0 Å². The van der Waals surface area contributed by atoms with Crippen LogP contribution in [0.3, 0.4) is 0 Å². The van der Waals surface area contributed by atoms with Crippen molar-refractivity contribution in [2.24, 2.45) is 0 Å². The largest absolute Gasteiger partial charge is 0.707 e. The van der Waals surface area contributed by atoms with Crippen molar-refractivity contribution in [3.63, 3.8) is 0 Å². The summed E-state index contributed by atoms with van der Waals surface area (Å²) in [6.07, 6.45) is 0. The zero-order valence-corrected chi connectivity index (χ0v) is 9.63. The Morgan fingerprint density at radius 2 is 1.16 bits per heavy atom. The molecule has 0 unspecified atom stereocenters. The molecule has 0 aliphatic carbocycles. The Kier molecular flexibility index (Phi) is 5.91. The molecule has 2 rings (SSSR count). The van der Waals surface area contributed by atoms with E-state index in [-0.39, 0.29) is 0 Å². The van der Waals surface area contributed by atoms with Crippen molar-refractivity contribution in [2.45, 2.75) is 0 Å². The average Bonchev–Trinajstić information content (AvgIpc) is 2.38. The van der Waals surface area contributed by atoms with Gasteiger partial charge >= 0.3 is 7.32 Å². The van der Waals surface area contributed by atoms with Gasteiger partial charge in [-0.3, -0.25) is 0 Å². The topological polar surface area (TPSA) is 49.7 Å². The molecule has 100 valence electrons. The lowest BCUT2D eigenvalue weighted by molar-refractivity contribution is 0.286. The summed E-state index contributed by atoms with van der Waals surface area (Å²) in [5, 5.41) is 16.5. The van der Waals surface area contributed by atoms with Gasteiger partial charge in [-0.05, 0) is 0 Å². The molecule has 0 fully saturated rings. The van der Waals surface area contributed by atoms with Crippen LogP contribution in [0, 0.1) is 17.5 Å². The Morgan fingerprint density at radius 3 is 1.47 bits per heavy atom. The molecule has 0 spiro atoms. The first kappa shape index (κ1) is 15.1. The minimum atomic E-state index is -2.20. The van der Waals surface area contributed by atoms with Gasteiger partial charge < -0.3 is 14.7 Å². The second kappa shape index (κ2) is 7.45. The standard InChI is InChI=1S/C6H4BF3O3.C6H6/c8-4-1-3(13-7(11)12)2-5(9)6(4)10;1-2-4-6-5-3-1/h1-2,11-12H;1-6H. The minimum absolute atomic E-state index is 0.498. The van der Waals surface area contributed by atoms with Crippen LogP contribution in [0.5, 0.6) is 5.75 Å². The van der Waals surface area contributed by atoms with E-state index in [0.717, 1.165) is 0 Å². The van der Waals surface area contributed by atoms with Gasteiger partial charge in [0.25, 0.3) is 0 Å². The quantitative estimate of drug-likeness (QED) is 0.649. The zero-order valence-electron chi connectivity index (χ0n) is 9.63. The van der Waals surface area contributed by atoms with Crippen LogP contribution in [0.15, 0.2) is 48.5 Å². The third-order valence-corrected chi connectivity index (χ3v) is 1.87. The summed E-state index contributed by atoms with van der Waals surface area (Å²) in [6.45, 7) is 0. The van der Waals surface area contributed by atoms with Crippen molar-refractivity contribution in [3.05, 3.63) is 66.0 Å². The van der Waals surface area contributed by atoms with E-state index < -0.39 is 30.5 Å². The fourth-order valence-electron chi connectivity index (χ4n) is 1.11. The maximum Gasteiger partial charge on any atom is 0.707 e. The summed E-state index contributed by atoms with van der Waals surface area (Å²) in [5.41, 5.74) is 0. The van der Waals surface area contributed by atoms with Crippen LogP contribution < -0.4 is 4.65 Å². The Morgan fingerprint density at radius 1 is 0.789 bits per heavy atom. The van der Waals surface area contributed by atoms with E-state index in [0.29, 0.717) is 12.1 Å². The number of benzene rings is 2. The van der Waals surface area contributed by atoms with E-state index >= 15 is 0 Å². The van der Waals surface area contributed by atoms with Crippen LogP contribution in [0.25, 0.3) is 0 Å². The summed E-state index contributed by atoms with van der Waals surface area (Å²) in [5.74, 6) is -5.07. The van der Waals surface area contributed by atoms with Gasteiger partial charge in [0.15, 0.2) is 17.5 Å². The molecule has 0 radical (unpaired) electrons. The van der Waals surface area contributed by atoms with Crippen LogP contribution in [0.2, 0.25) is 0 Å². The minimum Gasteiger partial charge on any atom is -0.512 e. The second-order valence-electron chi connectivity index (χ2n) is 3.30. The van der Waals surface area contributed by atoms with Crippen molar-refractivity contribution >= 4 is 7.32 Å². The maximum absolute atomic E-state index is 12.4. The molecule has 3 nitrogen and oxygen atoms in total. The SMILES string of the molecule is OB(O)Oc1cc(F)c(F)c(F)c1.c1ccccc1. The Hall–Kier alpha value is -1.99. The second-order valence-corrected chi connectivity index (χ2v) is 3.30. The lowest BCUT2D eigenvalue weighted by atomic mass is 10.2. The molecule has 0 aromatic heterocycles. The van der Waals surface area contributed by atoms with E-state index in [9.17, 15) is 13.2 Å². The fourth-order valence-corrected chi connectivity index (χ4v) is 1.11. The zero-order chi connectivity index (χ0) is 14.3. The smallest absolute Gasteiger partial charge is 0.512 e. The lowest BCUT2D eigenvalue weighted by Crippen LogP contribution is -2.20. The molecule has 2 N–H and O–H groups in total. The molecule has 2 aromatic carbocycles. The molecular weight excluding hydrogens is 260 g/mol.